The first-order chi connectivity index (χ1) is 5.96. The first-order valence-corrected chi connectivity index (χ1v) is 6.09. The second kappa shape index (κ2) is 4.11. The molecule has 0 amide bonds. The van der Waals surface area contributed by atoms with Gasteiger partial charge in [-0.25, -0.2) is 0 Å². The summed E-state index contributed by atoms with van der Waals surface area (Å²) in [4.78, 5) is 0. The molecule has 1 N–H and O–H groups in total. The van der Waals surface area contributed by atoms with Crippen LogP contribution in [0.2, 0.25) is 0 Å². The average Bonchev–Trinajstić information content (AvgIpc) is 2.35. The van der Waals surface area contributed by atoms with Crippen molar-refractivity contribution >= 4 is 27.3 Å². The fourth-order valence-corrected chi connectivity index (χ4v) is 3.10. The van der Waals surface area contributed by atoms with Crippen molar-refractivity contribution in [3.63, 3.8) is 0 Å². The van der Waals surface area contributed by atoms with Crippen molar-refractivity contribution in [1.82, 2.24) is 5.32 Å². The minimum atomic E-state index is 0.248. The third-order valence-corrected chi connectivity index (χ3v) is 3.86. The van der Waals surface area contributed by atoms with Gasteiger partial charge in [0, 0.05) is 15.9 Å². The normalized spacial score (nSPS) is 14.5. The van der Waals surface area contributed by atoms with E-state index in [2.05, 4.69) is 52.8 Å². The number of rotatable bonds is 2. The maximum atomic E-state index is 3.57. The highest BCUT2D eigenvalue weighted by Crippen LogP contribution is 2.37. The highest BCUT2D eigenvalue weighted by atomic mass is 79.9. The molecule has 13 heavy (non-hydrogen) atoms. The largest absolute Gasteiger partial charge is 0.312 e. The molecule has 74 valence electrons. The number of hydrogen-bond acceptors (Lipinski definition) is 2. The van der Waals surface area contributed by atoms with Gasteiger partial charge in [0.1, 0.15) is 0 Å². The predicted molar refractivity (Wildman–Crippen MR) is 63.3 cm³/mol. The lowest BCUT2D eigenvalue weighted by Gasteiger charge is -2.30. The number of halogens is 1. The molecular weight excluding hydrogens is 246 g/mol. The SMILES string of the molecule is CNC(c1cscc1Br)C(C)(C)C. The summed E-state index contributed by atoms with van der Waals surface area (Å²) in [5.41, 5.74) is 1.61. The Bertz CT molecular complexity index is 275. The lowest BCUT2D eigenvalue weighted by Crippen LogP contribution is -2.29. The van der Waals surface area contributed by atoms with E-state index in [0.29, 0.717) is 6.04 Å². The highest BCUT2D eigenvalue weighted by Gasteiger charge is 2.26. The predicted octanol–water partition coefficient (Wildman–Crippen LogP) is 3.82. The van der Waals surface area contributed by atoms with Crippen molar-refractivity contribution in [2.75, 3.05) is 7.05 Å². The Balaban J connectivity index is 2.98. The molecule has 1 heterocycles. The Morgan fingerprint density at radius 1 is 1.38 bits per heavy atom. The van der Waals surface area contributed by atoms with Crippen LogP contribution in [0, 0.1) is 5.41 Å². The van der Waals surface area contributed by atoms with Gasteiger partial charge >= 0.3 is 0 Å². The number of hydrogen-bond donors (Lipinski definition) is 1. The molecule has 0 saturated carbocycles. The van der Waals surface area contributed by atoms with Crippen molar-refractivity contribution in [2.45, 2.75) is 26.8 Å². The summed E-state index contributed by atoms with van der Waals surface area (Å²) in [6.45, 7) is 6.74. The summed E-state index contributed by atoms with van der Waals surface area (Å²) in [6, 6.07) is 0.410. The molecule has 1 aromatic heterocycles. The Hall–Kier alpha value is 0.140. The van der Waals surface area contributed by atoms with Gasteiger partial charge in [0.05, 0.1) is 0 Å². The molecule has 1 nitrogen and oxygen atoms in total. The summed E-state index contributed by atoms with van der Waals surface area (Å²) >= 11 is 5.31. The van der Waals surface area contributed by atoms with E-state index >= 15 is 0 Å². The third kappa shape index (κ3) is 2.55. The van der Waals surface area contributed by atoms with Crippen LogP contribution in [-0.4, -0.2) is 7.05 Å². The van der Waals surface area contributed by atoms with Crippen LogP contribution in [0.15, 0.2) is 15.2 Å². The van der Waals surface area contributed by atoms with E-state index in [4.69, 9.17) is 0 Å². The van der Waals surface area contributed by atoms with Crippen molar-refractivity contribution in [2.24, 2.45) is 5.41 Å². The van der Waals surface area contributed by atoms with Crippen LogP contribution in [0.1, 0.15) is 32.4 Å². The molecule has 0 spiro atoms. The standard InChI is InChI=1S/C10H16BrNS/c1-10(2,3)9(12-4)7-5-13-6-8(7)11/h5-6,9,12H,1-4H3. The zero-order valence-electron chi connectivity index (χ0n) is 8.52. The van der Waals surface area contributed by atoms with Gasteiger partial charge in [-0.2, -0.15) is 11.3 Å². The Kier molecular flexibility index (Phi) is 3.55. The molecule has 0 fully saturated rings. The lowest BCUT2D eigenvalue weighted by molar-refractivity contribution is 0.287. The third-order valence-electron chi connectivity index (χ3n) is 2.11. The van der Waals surface area contributed by atoms with Crippen LogP contribution >= 0.6 is 27.3 Å². The fraction of sp³-hybridized carbons (Fsp3) is 0.600. The van der Waals surface area contributed by atoms with E-state index in [-0.39, 0.29) is 5.41 Å². The molecule has 0 aromatic carbocycles. The highest BCUT2D eigenvalue weighted by molar-refractivity contribution is 9.10. The van der Waals surface area contributed by atoms with Crippen molar-refractivity contribution in [1.29, 1.82) is 0 Å². The first-order valence-electron chi connectivity index (χ1n) is 4.35. The Morgan fingerprint density at radius 3 is 2.31 bits per heavy atom. The van der Waals surface area contributed by atoms with E-state index in [1.165, 1.54) is 10.0 Å². The van der Waals surface area contributed by atoms with Crippen molar-refractivity contribution in [3.8, 4) is 0 Å². The summed E-state index contributed by atoms with van der Waals surface area (Å²) in [6.07, 6.45) is 0. The quantitative estimate of drug-likeness (QED) is 0.854. The van der Waals surface area contributed by atoms with Gasteiger partial charge in [-0.3, -0.25) is 0 Å². The van der Waals surface area contributed by atoms with Crippen LogP contribution in [0.4, 0.5) is 0 Å². The van der Waals surface area contributed by atoms with Gasteiger partial charge in [0.2, 0.25) is 0 Å². The molecule has 1 unspecified atom stereocenters. The minimum absolute atomic E-state index is 0.248. The Labute approximate surface area is 92.7 Å². The van der Waals surface area contributed by atoms with Gasteiger partial charge in [-0.1, -0.05) is 20.8 Å². The molecule has 0 aliphatic carbocycles. The van der Waals surface area contributed by atoms with E-state index in [9.17, 15) is 0 Å². The summed E-state index contributed by atoms with van der Waals surface area (Å²) in [5, 5.41) is 7.70. The van der Waals surface area contributed by atoms with Crippen LogP contribution in [0.25, 0.3) is 0 Å². The van der Waals surface area contributed by atoms with E-state index in [0.717, 1.165) is 0 Å². The fourth-order valence-electron chi connectivity index (χ4n) is 1.55. The van der Waals surface area contributed by atoms with Crippen LogP contribution in [-0.2, 0) is 0 Å². The minimum Gasteiger partial charge on any atom is -0.312 e. The molecule has 0 saturated heterocycles. The molecule has 0 radical (unpaired) electrons. The van der Waals surface area contributed by atoms with Crippen molar-refractivity contribution in [3.05, 3.63) is 20.8 Å². The first kappa shape index (κ1) is 11.2. The number of nitrogens with one attached hydrogen (secondary N) is 1. The molecule has 0 aliphatic rings. The topological polar surface area (TPSA) is 12.0 Å². The van der Waals surface area contributed by atoms with Gasteiger partial charge in [0.25, 0.3) is 0 Å². The van der Waals surface area contributed by atoms with Gasteiger partial charge in [-0.15, -0.1) is 0 Å². The van der Waals surface area contributed by atoms with Gasteiger partial charge < -0.3 is 5.32 Å². The zero-order chi connectivity index (χ0) is 10.1. The average molecular weight is 262 g/mol. The lowest BCUT2D eigenvalue weighted by atomic mass is 9.83. The molecular formula is C10H16BrNS. The van der Waals surface area contributed by atoms with Crippen LogP contribution in [0.5, 0.6) is 0 Å². The monoisotopic (exact) mass is 261 g/mol. The zero-order valence-corrected chi connectivity index (χ0v) is 10.9. The summed E-state index contributed by atoms with van der Waals surface area (Å²) < 4.78 is 1.21. The van der Waals surface area contributed by atoms with Gasteiger partial charge in [-0.05, 0) is 39.3 Å². The molecule has 3 heteroatoms. The van der Waals surface area contributed by atoms with Gasteiger partial charge in [0.15, 0.2) is 0 Å². The molecule has 0 aliphatic heterocycles. The Morgan fingerprint density at radius 2 is 2.00 bits per heavy atom. The summed E-state index contributed by atoms with van der Waals surface area (Å²) in [5.74, 6) is 0. The van der Waals surface area contributed by atoms with Crippen molar-refractivity contribution < 1.29 is 0 Å². The maximum Gasteiger partial charge on any atom is 0.0386 e. The second-order valence-corrected chi connectivity index (χ2v) is 5.86. The number of thiophene rings is 1. The molecule has 0 bridgehead atoms. The molecule has 1 rings (SSSR count). The summed E-state index contributed by atoms with van der Waals surface area (Å²) in [7, 11) is 2.01. The molecule has 1 atom stereocenters. The van der Waals surface area contributed by atoms with E-state index in [1.807, 2.05) is 7.05 Å². The van der Waals surface area contributed by atoms with E-state index < -0.39 is 0 Å². The molecule has 1 aromatic rings. The van der Waals surface area contributed by atoms with Crippen LogP contribution in [0.3, 0.4) is 0 Å². The van der Waals surface area contributed by atoms with E-state index in [1.54, 1.807) is 11.3 Å². The maximum absolute atomic E-state index is 3.57. The smallest absolute Gasteiger partial charge is 0.0386 e. The second-order valence-electron chi connectivity index (χ2n) is 4.26. The van der Waals surface area contributed by atoms with Crippen LogP contribution < -0.4 is 5.32 Å².